The molecule has 83 valence electrons. The van der Waals surface area contributed by atoms with Gasteiger partial charge in [0.25, 0.3) is 0 Å². The zero-order valence-electron chi connectivity index (χ0n) is 8.28. The standard InChI is InChI=1S/C8H10N3O3S.Na.H/c1-11(2)7-3-5-8(6-4-7)14-15(12,13)10-9;;/h3-6H,1-2H3;;. The quantitative estimate of drug-likeness (QED) is 0.561. The second-order valence-electron chi connectivity index (χ2n) is 2.98. The van der Waals surface area contributed by atoms with Crippen LogP contribution in [-0.2, 0) is 10.3 Å². The van der Waals surface area contributed by atoms with Crippen LogP contribution in [0.2, 0.25) is 0 Å². The van der Waals surface area contributed by atoms with Crippen molar-refractivity contribution in [2.75, 3.05) is 19.0 Å². The fourth-order valence-corrected chi connectivity index (χ4v) is 1.33. The molecule has 0 N–H and O–H groups in total. The van der Waals surface area contributed by atoms with E-state index < -0.39 is 10.3 Å². The van der Waals surface area contributed by atoms with Gasteiger partial charge in [0.15, 0.2) is 0 Å². The third-order valence-corrected chi connectivity index (χ3v) is 2.26. The molecular weight excluding hydrogens is 241 g/mol. The fourth-order valence-electron chi connectivity index (χ4n) is 0.938. The van der Waals surface area contributed by atoms with Crippen LogP contribution in [0.4, 0.5) is 5.69 Å². The Morgan fingerprint density at radius 1 is 1.25 bits per heavy atom. The van der Waals surface area contributed by atoms with E-state index in [-0.39, 0.29) is 35.3 Å². The van der Waals surface area contributed by atoms with Gasteiger partial charge in [-0.2, -0.15) is 0 Å². The van der Waals surface area contributed by atoms with E-state index in [9.17, 15) is 8.42 Å². The molecule has 16 heavy (non-hydrogen) atoms. The minimum absolute atomic E-state index is 0. The average Bonchev–Trinajstić information content (AvgIpc) is 2.18. The molecule has 1 aromatic rings. The summed E-state index contributed by atoms with van der Waals surface area (Å²) < 4.78 is 28.0. The number of rotatable bonds is 4. The first-order valence-corrected chi connectivity index (χ1v) is 5.39. The van der Waals surface area contributed by atoms with Crippen molar-refractivity contribution in [2.24, 2.45) is 0 Å². The molecule has 1 radical (unpaired) electrons. The first kappa shape index (κ1) is 15.4. The maximum atomic E-state index is 10.7. The van der Waals surface area contributed by atoms with Crippen LogP contribution in [0.15, 0.2) is 24.3 Å². The summed E-state index contributed by atoms with van der Waals surface area (Å²) in [4.78, 5) is 1.86. The molecule has 0 spiro atoms. The van der Waals surface area contributed by atoms with E-state index in [1.165, 1.54) is 12.1 Å². The molecule has 0 saturated carbocycles. The van der Waals surface area contributed by atoms with Crippen LogP contribution in [0, 0.1) is 0 Å². The van der Waals surface area contributed by atoms with Gasteiger partial charge in [-0.1, -0.05) is 0 Å². The third kappa shape index (κ3) is 4.48. The predicted molar refractivity (Wildman–Crippen MR) is 63.0 cm³/mol. The van der Waals surface area contributed by atoms with E-state index in [1.807, 2.05) is 19.0 Å². The molecule has 0 aromatic heterocycles. The second kappa shape index (κ2) is 6.19. The summed E-state index contributed by atoms with van der Waals surface area (Å²) >= 11 is 0. The van der Waals surface area contributed by atoms with Crippen molar-refractivity contribution in [3.63, 3.8) is 0 Å². The minimum atomic E-state index is -4.24. The van der Waals surface area contributed by atoms with Crippen LogP contribution < -0.4 is 13.6 Å². The molecule has 1 rings (SSSR count). The van der Waals surface area contributed by atoms with Crippen LogP contribution in [0.3, 0.4) is 0 Å². The summed E-state index contributed by atoms with van der Waals surface area (Å²) in [6.07, 6.45) is 0. The summed E-state index contributed by atoms with van der Waals surface area (Å²) in [7, 11) is -0.525. The zero-order chi connectivity index (χ0) is 11.5. The molecule has 8 heteroatoms. The fraction of sp³-hybridized carbons (Fsp3) is 0.250. The van der Waals surface area contributed by atoms with Gasteiger partial charge in [0.1, 0.15) is 10.3 Å². The topological polar surface area (TPSA) is 83.0 Å². The van der Waals surface area contributed by atoms with Crippen molar-refractivity contribution in [3.05, 3.63) is 29.8 Å². The SMILES string of the molecule is CN(C)c1ccc(OS(=O)(=O)[N+]=[N-])cc1.[NaH]. The Morgan fingerprint density at radius 2 is 1.75 bits per heavy atom. The van der Waals surface area contributed by atoms with E-state index in [1.54, 1.807) is 12.1 Å². The molecule has 0 amide bonds. The maximum absolute atomic E-state index is 10.7. The molecule has 0 fully saturated rings. The summed E-state index contributed by atoms with van der Waals surface area (Å²) in [6.45, 7) is 0. The molecule has 0 heterocycles. The van der Waals surface area contributed by atoms with Crippen molar-refractivity contribution in [3.8, 4) is 5.75 Å². The zero-order valence-corrected chi connectivity index (χ0v) is 9.10. The van der Waals surface area contributed by atoms with Gasteiger partial charge < -0.3 is 14.6 Å². The molecule has 0 saturated heterocycles. The molecular formula is C8H11N3NaO3S. The van der Waals surface area contributed by atoms with E-state index in [4.69, 9.17) is 5.53 Å². The normalized spacial score (nSPS) is 10.1. The Balaban J connectivity index is 0.00000225. The van der Waals surface area contributed by atoms with Crippen molar-refractivity contribution < 1.29 is 12.6 Å². The number of benzene rings is 1. The molecule has 1 aromatic carbocycles. The van der Waals surface area contributed by atoms with E-state index in [2.05, 4.69) is 8.70 Å². The number of hydrogen-bond acceptors (Lipinski definition) is 4. The van der Waals surface area contributed by atoms with Gasteiger partial charge in [-0.05, 0) is 24.3 Å². The van der Waals surface area contributed by atoms with Gasteiger partial charge in [-0.25, -0.2) is 0 Å². The molecule has 0 atom stereocenters. The van der Waals surface area contributed by atoms with Crippen LogP contribution >= 0.6 is 0 Å². The van der Waals surface area contributed by atoms with Crippen molar-refractivity contribution in [1.82, 2.24) is 4.52 Å². The average molecular weight is 252 g/mol. The van der Waals surface area contributed by atoms with Crippen LogP contribution in [0.1, 0.15) is 0 Å². The molecule has 6 nitrogen and oxygen atoms in total. The monoisotopic (exact) mass is 252 g/mol. The Kier molecular flexibility index (Phi) is 5.95. The van der Waals surface area contributed by atoms with Crippen molar-refractivity contribution in [1.29, 1.82) is 0 Å². The van der Waals surface area contributed by atoms with Gasteiger partial charge in [0.05, 0.1) is 0 Å². The van der Waals surface area contributed by atoms with Gasteiger partial charge >= 0.3 is 39.9 Å². The van der Waals surface area contributed by atoms with E-state index >= 15 is 0 Å². The van der Waals surface area contributed by atoms with Gasteiger partial charge in [-0.3, -0.25) is 0 Å². The Labute approximate surface area is 117 Å². The Morgan fingerprint density at radius 3 is 2.12 bits per heavy atom. The third-order valence-electron chi connectivity index (χ3n) is 1.65. The second-order valence-corrected chi connectivity index (χ2v) is 4.17. The van der Waals surface area contributed by atoms with Crippen LogP contribution in [0.25, 0.3) is 5.53 Å². The van der Waals surface area contributed by atoms with Crippen molar-refractivity contribution >= 4 is 45.5 Å². The summed E-state index contributed by atoms with van der Waals surface area (Å²) in [6, 6.07) is 6.31. The molecule has 0 bridgehead atoms. The van der Waals surface area contributed by atoms with Gasteiger partial charge in [-0.15, -0.1) is 8.42 Å². The number of nitrogens with zero attached hydrogens (tertiary/aromatic N) is 3. The summed E-state index contributed by atoms with van der Waals surface area (Å²) in [5, 5.41) is 0. The van der Waals surface area contributed by atoms with Gasteiger partial charge in [0.2, 0.25) is 0 Å². The number of anilines is 1. The van der Waals surface area contributed by atoms with Crippen LogP contribution in [0.5, 0.6) is 5.75 Å². The van der Waals surface area contributed by atoms with E-state index in [0.29, 0.717) is 0 Å². The predicted octanol–water partition coefficient (Wildman–Crippen LogP) is 0.0851. The molecule has 0 aliphatic heterocycles. The Bertz CT molecular complexity index is 444. The molecule has 0 aliphatic rings. The van der Waals surface area contributed by atoms with E-state index in [0.717, 1.165) is 5.69 Å². The number of hydrogen-bond donors (Lipinski definition) is 0. The molecule has 0 unspecified atom stereocenters. The summed E-state index contributed by atoms with van der Waals surface area (Å²) in [5.41, 5.74) is 9.01. The Hall–Kier alpha value is -0.630. The first-order valence-electron chi connectivity index (χ1n) is 4.03. The van der Waals surface area contributed by atoms with Crippen LogP contribution in [-0.4, -0.2) is 52.1 Å². The molecule has 0 aliphatic carbocycles. The van der Waals surface area contributed by atoms with Crippen molar-refractivity contribution in [2.45, 2.75) is 0 Å². The first-order chi connectivity index (χ1) is 6.94. The summed E-state index contributed by atoms with van der Waals surface area (Å²) in [5.74, 6) is 0.0957. The van der Waals surface area contributed by atoms with Gasteiger partial charge in [0, 0.05) is 19.8 Å².